The van der Waals surface area contributed by atoms with Crippen LogP contribution in [0.25, 0.3) is 0 Å². The number of rotatable bonds is 9. The number of nitrogens with two attached hydrogens (primary N) is 1. The van der Waals surface area contributed by atoms with E-state index >= 15 is 0 Å². The predicted molar refractivity (Wildman–Crippen MR) is 87.6 cm³/mol. The largest absolute Gasteiger partial charge is 0.368 e. The van der Waals surface area contributed by atoms with Crippen LogP contribution in [0.2, 0.25) is 5.02 Å². The molecule has 1 atom stereocenters. The van der Waals surface area contributed by atoms with Crippen LogP contribution >= 0.6 is 23.4 Å². The number of nitrogens with zero attached hydrogens (tertiary/aromatic N) is 1. The van der Waals surface area contributed by atoms with E-state index in [-0.39, 0.29) is 5.91 Å². The summed E-state index contributed by atoms with van der Waals surface area (Å²) in [6, 6.07) is 4.26. The molecule has 1 fully saturated rings. The molecule has 1 saturated carbocycles. The number of pyridine rings is 1. The molecule has 1 aromatic heterocycles. The zero-order chi connectivity index (χ0) is 15.3. The van der Waals surface area contributed by atoms with E-state index in [2.05, 4.69) is 10.3 Å². The van der Waals surface area contributed by atoms with Crippen molar-refractivity contribution in [3.8, 4) is 0 Å². The molecule has 2 rings (SSSR count). The van der Waals surface area contributed by atoms with Crippen molar-refractivity contribution in [2.24, 2.45) is 5.73 Å². The molecular weight excluding hydrogens is 306 g/mol. The molecule has 0 aromatic carbocycles. The van der Waals surface area contributed by atoms with E-state index in [1.54, 1.807) is 18.0 Å². The third-order valence-electron chi connectivity index (χ3n) is 3.67. The van der Waals surface area contributed by atoms with Gasteiger partial charge in [-0.25, -0.2) is 4.98 Å². The van der Waals surface area contributed by atoms with Crippen LogP contribution in [-0.2, 0) is 4.79 Å². The van der Waals surface area contributed by atoms with Gasteiger partial charge < -0.3 is 11.1 Å². The lowest BCUT2D eigenvalue weighted by molar-refractivity contribution is -0.124. The van der Waals surface area contributed by atoms with E-state index in [0.29, 0.717) is 11.1 Å². The molecule has 1 aliphatic rings. The van der Waals surface area contributed by atoms with Crippen LogP contribution in [0.15, 0.2) is 23.4 Å². The monoisotopic (exact) mass is 327 g/mol. The molecule has 0 bridgehead atoms. The van der Waals surface area contributed by atoms with Gasteiger partial charge >= 0.3 is 0 Å². The number of amides is 1. The second-order valence-electron chi connectivity index (χ2n) is 5.74. The van der Waals surface area contributed by atoms with Gasteiger partial charge in [0.1, 0.15) is 0 Å². The van der Waals surface area contributed by atoms with E-state index in [0.717, 1.165) is 42.9 Å². The first-order chi connectivity index (χ1) is 9.99. The van der Waals surface area contributed by atoms with E-state index < -0.39 is 5.54 Å². The van der Waals surface area contributed by atoms with E-state index in [1.807, 2.05) is 19.1 Å². The van der Waals surface area contributed by atoms with Crippen LogP contribution in [0, 0.1) is 0 Å². The summed E-state index contributed by atoms with van der Waals surface area (Å²) < 4.78 is 0. The number of hydrogen-bond acceptors (Lipinski definition) is 4. The fourth-order valence-corrected chi connectivity index (χ4v) is 3.11. The average Bonchev–Trinajstić information content (AvgIpc) is 3.24. The second-order valence-corrected chi connectivity index (χ2v) is 7.29. The van der Waals surface area contributed by atoms with Gasteiger partial charge in [-0.3, -0.25) is 4.79 Å². The van der Waals surface area contributed by atoms with Crippen LogP contribution in [0.3, 0.4) is 0 Å². The minimum Gasteiger partial charge on any atom is -0.368 e. The van der Waals surface area contributed by atoms with Gasteiger partial charge in [0.25, 0.3) is 0 Å². The number of nitrogens with one attached hydrogen (secondary N) is 1. The zero-order valence-corrected chi connectivity index (χ0v) is 13.8. The maximum Gasteiger partial charge on any atom is 0.237 e. The average molecular weight is 328 g/mol. The standard InChI is InChI=1S/C15H22ClN3OS/c1-15(14(17)20,19-12-5-6-12)8-2-3-9-21-13-7-4-11(16)10-18-13/h4,7,10,12,19H,2-3,5-6,8-9H2,1H3,(H2,17,20). The highest BCUT2D eigenvalue weighted by molar-refractivity contribution is 7.99. The van der Waals surface area contributed by atoms with Crippen molar-refractivity contribution < 1.29 is 4.79 Å². The lowest BCUT2D eigenvalue weighted by atomic mass is 9.94. The first kappa shape index (κ1) is 16.6. The van der Waals surface area contributed by atoms with Crippen LogP contribution in [-0.4, -0.2) is 28.2 Å². The molecule has 0 aliphatic heterocycles. The normalized spacial score (nSPS) is 17.4. The highest BCUT2D eigenvalue weighted by Gasteiger charge is 2.36. The minimum absolute atomic E-state index is 0.249. The molecule has 6 heteroatoms. The summed E-state index contributed by atoms with van der Waals surface area (Å²) in [5.41, 5.74) is 4.97. The highest BCUT2D eigenvalue weighted by atomic mass is 35.5. The zero-order valence-electron chi connectivity index (χ0n) is 12.3. The summed E-state index contributed by atoms with van der Waals surface area (Å²) in [7, 11) is 0. The van der Waals surface area contributed by atoms with Crippen molar-refractivity contribution >= 4 is 29.3 Å². The highest BCUT2D eigenvalue weighted by Crippen LogP contribution is 2.26. The van der Waals surface area contributed by atoms with Gasteiger partial charge in [0, 0.05) is 12.2 Å². The topological polar surface area (TPSA) is 68.0 Å². The summed E-state index contributed by atoms with van der Waals surface area (Å²) in [5, 5.41) is 5.01. The van der Waals surface area contributed by atoms with Crippen molar-refractivity contribution in [2.75, 3.05) is 5.75 Å². The van der Waals surface area contributed by atoms with Crippen molar-refractivity contribution in [1.29, 1.82) is 0 Å². The van der Waals surface area contributed by atoms with E-state index in [4.69, 9.17) is 17.3 Å². The van der Waals surface area contributed by atoms with Gasteiger partial charge in [0.15, 0.2) is 0 Å². The summed E-state index contributed by atoms with van der Waals surface area (Å²) in [4.78, 5) is 15.9. The minimum atomic E-state index is -0.565. The number of primary amides is 1. The van der Waals surface area contributed by atoms with Crippen molar-refractivity contribution in [3.05, 3.63) is 23.4 Å². The summed E-state index contributed by atoms with van der Waals surface area (Å²) >= 11 is 7.51. The van der Waals surface area contributed by atoms with Crippen LogP contribution in [0.4, 0.5) is 0 Å². The van der Waals surface area contributed by atoms with Crippen LogP contribution in [0.1, 0.15) is 39.0 Å². The maximum absolute atomic E-state index is 11.6. The molecule has 0 saturated heterocycles. The molecule has 0 radical (unpaired) electrons. The van der Waals surface area contributed by atoms with Crippen molar-refractivity contribution in [3.63, 3.8) is 0 Å². The van der Waals surface area contributed by atoms with E-state index in [1.165, 1.54) is 0 Å². The number of unbranched alkanes of at least 4 members (excludes halogenated alkanes) is 1. The Balaban J connectivity index is 1.67. The quantitative estimate of drug-likeness (QED) is 0.540. The molecule has 21 heavy (non-hydrogen) atoms. The Bertz CT molecular complexity index is 478. The maximum atomic E-state index is 11.6. The van der Waals surface area contributed by atoms with Gasteiger partial charge in [-0.05, 0) is 50.5 Å². The van der Waals surface area contributed by atoms with Crippen LogP contribution < -0.4 is 11.1 Å². The van der Waals surface area contributed by atoms with Gasteiger partial charge in [-0.15, -0.1) is 11.8 Å². The van der Waals surface area contributed by atoms with Gasteiger partial charge in [0.2, 0.25) is 5.91 Å². The molecule has 1 unspecified atom stereocenters. The predicted octanol–water partition coefficient (Wildman–Crippen LogP) is 2.99. The number of halogens is 1. The number of carbonyl (C=O) groups is 1. The number of aromatic nitrogens is 1. The molecule has 3 N–H and O–H groups in total. The summed E-state index contributed by atoms with van der Waals surface area (Å²) in [5.74, 6) is 0.730. The molecule has 1 aromatic rings. The Morgan fingerprint density at radius 1 is 1.52 bits per heavy atom. The fourth-order valence-electron chi connectivity index (χ4n) is 2.15. The number of thioether (sulfide) groups is 1. The fraction of sp³-hybridized carbons (Fsp3) is 0.600. The first-order valence-electron chi connectivity index (χ1n) is 7.31. The van der Waals surface area contributed by atoms with Crippen molar-refractivity contribution in [1.82, 2.24) is 10.3 Å². The van der Waals surface area contributed by atoms with Gasteiger partial charge in [-0.2, -0.15) is 0 Å². The molecular formula is C15H22ClN3OS. The smallest absolute Gasteiger partial charge is 0.237 e. The Labute approximate surface area is 135 Å². The summed E-state index contributed by atoms with van der Waals surface area (Å²) in [6.07, 6.45) is 6.76. The third-order valence-corrected chi connectivity index (χ3v) is 4.92. The summed E-state index contributed by atoms with van der Waals surface area (Å²) in [6.45, 7) is 1.92. The number of carbonyl (C=O) groups excluding carboxylic acids is 1. The Kier molecular flexibility index (Phi) is 5.90. The van der Waals surface area contributed by atoms with E-state index in [9.17, 15) is 4.79 Å². The lowest BCUT2D eigenvalue weighted by Gasteiger charge is -2.27. The molecule has 116 valence electrons. The first-order valence-corrected chi connectivity index (χ1v) is 8.68. The number of hydrogen-bond donors (Lipinski definition) is 2. The van der Waals surface area contributed by atoms with Gasteiger partial charge in [0.05, 0.1) is 15.6 Å². The molecule has 1 aliphatic carbocycles. The third kappa shape index (κ3) is 5.49. The molecule has 4 nitrogen and oxygen atoms in total. The second kappa shape index (κ2) is 7.47. The Hall–Kier alpha value is -0.780. The molecule has 1 amide bonds. The van der Waals surface area contributed by atoms with Gasteiger partial charge in [-0.1, -0.05) is 18.0 Å². The molecule has 1 heterocycles. The SMILES string of the molecule is CC(CCCCSc1ccc(Cl)cn1)(NC1CC1)C(N)=O. The Morgan fingerprint density at radius 2 is 2.29 bits per heavy atom. The van der Waals surface area contributed by atoms with Crippen molar-refractivity contribution in [2.45, 2.75) is 55.6 Å². The Morgan fingerprint density at radius 3 is 2.86 bits per heavy atom. The van der Waals surface area contributed by atoms with Crippen LogP contribution in [0.5, 0.6) is 0 Å². The molecule has 0 spiro atoms. The lowest BCUT2D eigenvalue weighted by Crippen LogP contribution is -2.53.